The fourth-order valence-electron chi connectivity index (χ4n) is 0.839. The molecular formula is C10H12OP+. The van der Waals surface area contributed by atoms with Crippen molar-refractivity contribution in [1.29, 1.82) is 0 Å². The lowest BCUT2D eigenvalue weighted by Crippen LogP contribution is -1.67. The van der Waals surface area contributed by atoms with Crippen LogP contribution in [0, 0.1) is 0 Å². The summed E-state index contributed by atoms with van der Waals surface area (Å²) in [5.74, 6) is 1.77. The lowest BCUT2D eigenvalue weighted by molar-refractivity contribution is 0.593. The van der Waals surface area contributed by atoms with Crippen LogP contribution in [-0.4, -0.2) is 6.16 Å². The van der Waals surface area contributed by atoms with Gasteiger partial charge in [-0.1, -0.05) is 34.9 Å². The zero-order valence-corrected chi connectivity index (χ0v) is 8.00. The Morgan fingerprint density at radius 2 is 2.00 bits per heavy atom. The SMILES string of the molecule is CC[P+](=O)C=Cc1ccccc1. The summed E-state index contributed by atoms with van der Waals surface area (Å²) >= 11 is 0. The highest BCUT2D eigenvalue weighted by atomic mass is 31.1. The van der Waals surface area contributed by atoms with Crippen LogP contribution in [0.3, 0.4) is 0 Å². The summed E-state index contributed by atoms with van der Waals surface area (Å²) in [5, 5.41) is 0. The van der Waals surface area contributed by atoms with Gasteiger partial charge in [0.05, 0.1) is 0 Å². The summed E-state index contributed by atoms with van der Waals surface area (Å²) in [6.07, 6.45) is 2.63. The third kappa shape index (κ3) is 2.98. The highest BCUT2D eigenvalue weighted by Gasteiger charge is 2.02. The van der Waals surface area contributed by atoms with Gasteiger partial charge >= 0.3 is 7.80 Å². The van der Waals surface area contributed by atoms with Crippen molar-refractivity contribution < 1.29 is 4.57 Å². The van der Waals surface area contributed by atoms with E-state index in [2.05, 4.69) is 0 Å². The van der Waals surface area contributed by atoms with Crippen LogP contribution in [0.15, 0.2) is 36.1 Å². The third-order valence-corrected chi connectivity index (χ3v) is 2.65. The van der Waals surface area contributed by atoms with E-state index in [-0.39, 0.29) is 0 Å². The molecule has 0 spiro atoms. The summed E-state index contributed by atoms with van der Waals surface area (Å²) in [4.78, 5) is 0. The van der Waals surface area contributed by atoms with Gasteiger partial charge in [0, 0.05) is 0 Å². The topological polar surface area (TPSA) is 17.1 Å². The summed E-state index contributed by atoms with van der Waals surface area (Å²) in [6, 6.07) is 9.90. The summed E-state index contributed by atoms with van der Waals surface area (Å²) in [6.45, 7) is 1.92. The molecule has 62 valence electrons. The second-order valence-corrected chi connectivity index (χ2v) is 4.22. The molecule has 1 rings (SSSR count). The van der Waals surface area contributed by atoms with E-state index in [1.54, 1.807) is 5.82 Å². The predicted molar refractivity (Wildman–Crippen MR) is 53.6 cm³/mol. The molecule has 12 heavy (non-hydrogen) atoms. The summed E-state index contributed by atoms with van der Waals surface area (Å²) in [5.41, 5.74) is 1.11. The Morgan fingerprint density at radius 1 is 1.33 bits per heavy atom. The van der Waals surface area contributed by atoms with Gasteiger partial charge in [0.15, 0.2) is 5.82 Å². The molecule has 0 saturated carbocycles. The molecule has 0 aromatic heterocycles. The number of benzene rings is 1. The molecule has 0 saturated heterocycles. The molecule has 1 nitrogen and oxygen atoms in total. The van der Waals surface area contributed by atoms with Crippen LogP contribution in [0.5, 0.6) is 0 Å². The second kappa shape index (κ2) is 4.84. The quantitative estimate of drug-likeness (QED) is 0.649. The smallest absolute Gasteiger partial charge is 0.0688 e. The Kier molecular flexibility index (Phi) is 3.69. The number of rotatable bonds is 3. The largest absolute Gasteiger partial charge is 0.368 e. The summed E-state index contributed by atoms with van der Waals surface area (Å²) < 4.78 is 11.0. The van der Waals surface area contributed by atoms with E-state index in [1.807, 2.05) is 43.3 Å². The molecule has 0 aliphatic carbocycles. The monoisotopic (exact) mass is 179 g/mol. The van der Waals surface area contributed by atoms with Crippen molar-refractivity contribution >= 4 is 13.9 Å². The maximum Gasteiger partial charge on any atom is 0.368 e. The van der Waals surface area contributed by atoms with E-state index < -0.39 is 7.80 Å². The first-order valence-corrected chi connectivity index (χ1v) is 5.51. The molecular weight excluding hydrogens is 167 g/mol. The average molecular weight is 179 g/mol. The Morgan fingerprint density at radius 3 is 2.58 bits per heavy atom. The van der Waals surface area contributed by atoms with Crippen LogP contribution in [0.1, 0.15) is 12.5 Å². The Balaban J connectivity index is 2.64. The molecule has 0 radical (unpaired) electrons. The first kappa shape index (κ1) is 9.15. The summed E-state index contributed by atoms with van der Waals surface area (Å²) in [7, 11) is -1.13. The minimum Gasteiger partial charge on any atom is -0.0688 e. The van der Waals surface area contributed by atoms with Crippen molar-refractivity contribution in [1.82, 2.24) is 0 Å². The first-order valence-electron chi connectivity index (χ1n) is 4.00. The minimum absolute atomic E-state index is 0.721. The molecule has 1 aromatic rings. The van der Waals surface area contributed by atoms with Crippen molar-refractivity contribution in [2.24, 2.45) is 0 Å². The maximum atomic E-state index is 11.0. The first-order chi connectivity index (χ1) is 5.83. The average Bonchev–Trinajstić information content (AvgIpc) is 2.16. The van der Waals surface area contributed by atoms with Gasteiger partial charge in [-0.15, -0.1) is 0 Å². The van der Waals surface area contributed by atoms with Crippen molar-refractivity contribution in [3.63, 3.8) is 0 Å². The van der Waals surface area contributed by atoms with Crippen LogP contribution in [-0.2, 0) is 4.57 Å². The molecule has 0 N–H and O–H groups in total. The van der Waals surface area contributed by atoms with Gasteiger partial charge in [0.2, 0.25) is 0 Å². The molecule has 0 fully saturated rings. The molecule has 1 atom stereocenters. The van der Waals surface area contributed by atoms with Gasteiger partial charge in [0.25, 0.3) is 0 Å². The lowest BCUT2D eigenvalue weighted by Gasteiger charge is -1.86. The van der Waals surface area contributed by atoms with Crippen LogP contribution in [0.25, 0.3) is 6.08 Å². The van der Waals surface area contributed by atoms with E-state index in [4.69, 9.17) is 0 Å². The maximum absolute atomic E-state index is 11.0. The fraction of sp³-hybridized carbons (Fsp3) is 0.200. The van der Waals surface area contributed by atoms with Crippen LogP contribution >= 0.6 is 7.80 Å². The van der Waals surface area contributed by atoms with Gasteiger partial charge in [-0.2, -0.15) is 0 Å². The van der Waals surface area contributed by atoms with Gasteiger partial charge in [-0.3, -0.25) is 0 Å². The Labute approximate surface area is 73.9 Å². The normalized spacial score (nSPS) is 11.9. The molecule has 2 heteroatoms. The van der Waals surface area contributed by atoms with Crippen LogP contribution < -0.4 is 0 Å². The van der Waals surface area contributed by atoms with E-state index in [0.717, 1.165) is 11.7 Å². The molecule has 0 amide bonds. The van der Waals surface area contributed by atoms with Gasteiger partial charge in [-0.05, 0) is 18.6 Å². The third-order valence-electron chi connectivity index (χ3n) is 1.54. The number of hydrogen-bond acceptors (Lipinski definition) is 1. The molecule has 0 heterocycles. The zero-order valence-electron chi connectivity index (χ0n) is 7.10. The standard InChI is InChI=1S/C10H12OP/c1-2-12(11)9-8-10-6-4-3-5-7-10/h3-9H,2H2,1H3/q+1. The fourth-order valence-corrected chi connectivity index (χ4v) is 1.39. The molecule has 0 aliphatic rings. The number of hydrogen-bond donors (Lipinski definition) is 0. The van der Waals surface area contributed by atoms with Gasteiger partial charge in [-0.25, -0.2) is 0 Å². The molecule has 1 unspecified atom stereocenters. The Hall–Kier alpha value is -0.940. The second-order valence-electron chi connectivity index (χ2n) is 2.46. The highest BCUT2D eigenvalue weighted by Crippen LogP contribution is 2.22. The van der Waals surface area contributed by atoms with E-state index in [9.17, 15) is 4.57 Å². The molecule has 0 bridgehead atoms. The van der Waals surface area contributed by atoms with E-state index in [0.29, 0.717) is 0 Å². The Bertz CT molecular complexity index is 277. The van der Waals surface area contributed by atoms with E-state index >= 15 is 0 Å². The lowest BCUT2D eigenvalue weighted by atomic mass is 10.2. The van der Waals surface area contributed by atoms with Crippen molar-refractivity contribution in [3.05, 3.63) is 41.7 Å². The van der Waals surface area contributed by atoms with Crippen molar-refractivity contribution in [3.8, 4) is 0 Å². The van der Waals surface area contributed by atoms with Gasteiger partial charge in [0.1, 0.15) is 6.16 Å². The van der Waals surface area contributed by atoms with Gasteiger partial charge < -0.3 is 0 Å². The molecule has 1 aromatic carbocycles. The zero-order chi connectivity index (χ0) is 8.81. The molecule has 0 aliphatic heterocycles. The highest BCUT2D eigenvalue weighted by molar-refractivity contribution is 7.48. The van der Waals surface area contributed by atoms with E-state index in [1.165, 1.54) is 0 Å². The minimum atomic E-state index is -1.13. The predicted octanol–water partition coefficient (Wildman–Crippen LogP) is 3.50. The van der Waals surface area contributed by atoms with Crippen molar-refractivity contribution in [2.75, 3.05) is 6.16 Å². The van der Waals surface area contributed by atoms with Crippen LogP contribution in [0.4, 0.5) is 0 Å². The van der Waals surface area contributed by atoms with Crippen LogP contribution in [0.2, 0.25) is 0 Å². The van der Waals surface area contributed by atoms with Crippen molar-refractivity contribution in [2.45, 2.75) is 6.92 Å².